The molecule has 17 heteroatoms. The van der Waals surface area contributed by atoms with E-state index in [4.69, 9.17) is 35.9 Å². The molecule has 36 heavy (non-hydrogen) atoms. The van der Waals surface area contributed by atoms with Crippen LogP contribution < -0.4 is 32.7 Å². The second-order valence-electron chi connectivity index (χ2n) is 6.56. The molecule has 0 heterocycles. The van der Waals surface area contributed by atoms with Crippen LogP contribution in [0.2, 0.25) is 0 Å². The number of carbonyl (C=O) groups is 4. The number of benzene rings is 1. The first kappa shape index (κ1) is 33.1. The van der Waals surface area contributed by atoms with Crippen LogP contribution in [0, 0.1) is 0 Å². The molecule has 0 aliphatic heterocycles. The second-order valence-corrected chi connectivity index (χ2v) is 9.43. The van der Waals surface area contributed by atoms with Crippen LogP contribution in [0.5, 0.6) is 0 Å². The number of ether oxygens (including phenoxy) is 2. The Bertz CT molecular complexity index is 866. The first-order chi connectivity index (χ1) is 16.9. The van der Waals surface area contributed by atoms with Crippen molar-refractivity contribution < 1.29 is 28.7 Å². The molecule has 0 radical (unpaired) electrons. The van der Waals surface area contributed by atoms with Gasteiger partial charge in [-0.15, -0.1) is 0 Å². The first-order valence-electron chi connectivity index (χ1n) is 9.81. The Hall–Kier alpha value is -2.86. The number of carbonyl (C=O) groups excluding carboxylic acids is 4. The molecule has 0 aromatic heterocycles. The van der Waals surface area contributed by atoms with Crippen molar-refractivity contribution in [3.8, 4) is 0 Å². The summed E-state index contributed by atoms with van der Waals surface area (Å²) in [5.41, 5.74) is 11.1. The smallest absolute Gasteiger partial charge is 0.413 e. The molecule has 200 valence electrons. The number of nitrogens with zero attached hydrogens (tertiary/aromatic N) is 1. The molecule has 0 saturated heterocycles. The maximum Gasteiger partial charge on any atom is 0.413 e. The van der Waals surface area contributed by atoms with Gasteiger partial charge in [0.15, 0.2) is 10.2 Å². The highest BCUT2D eigenvalue weighted by atomic mass is 32.2. The molecule has 1 aromatic carbocycles. The minimum absolute atomic E-state index is 0.0490. The summed E-state index contributed by atoms with van der Waals surface area (Å²) in [6.07, 6.45) is -1.38. The molecular formula is C19H29N7O6S4. The molecule has 8 N–H and O–H groups in total. The number of nitrogens with two attached hydrogens (primary N) is 2. The van der Waals surface area contributed by atoms with Gasteiger partial charge in [-0.05, 0) is 50.7 Å². The van der Waals surface area contributed by atoms with Gasteiger partial charge in [-0.3, -0.25) is 20.2 Å². The van der Waals surface area contributed by atoms with E-state index < -0.39 is 22.7 Å². The zero-order valence-electron chi connectivity index (χ0n) is 20.0. The van der Waals surface area contributed by atoms with Crippen molar-refractivity contribution in [1.82, 2.24) is 15.5 Å². The highest BCUT2D eigenvalue weighted by Gasteiger charge is 2.14. The molecule has 1 rings (SSSR count). The van der Waals surface area contributed by atoms with E-state index in [1.54, 1.807) is 24.3 Å². The number of nitrogens with one attached hydrogen (secondary N) is 4. The normalized spacial score (nSPS) is 9.83. The number of anilines is 2. The Morgan fingerprint density at radius 1 is 0.861 bits per heavy atom. The summed E-state index contributed by atoms with van der Waals surface area (Å²) in [5.74, 6) is 1.14. The van der Waals surface area contributed by atoms with E-state index in [1.165, 1.54) is 14.2 Å². The molecule has 1 aromatic rings. The lowest BCUT2D eigenvalue weighted by Crippen LogP contribution is -2.35. The molecule has 0 spiro atoms. The largest absolute Gasteiger partial charge is 0.453 e. The SMILES string of the molecule is CN(C)C(CSC(N)=O)CSC(N)=O.COC(=O)NC(=S)Nc1ccccc1NC(=S)NC(=O)OC. The molecule has 0 saturated carbocycles. The summed E-state index contributed by atoms with van der Waals surface area (Å²) in [6.45, 7) is 0. The van der Waals surface area contributed by atoms with E-state index in [9.17, 15) is 19.2 Å². The van der Waals surface area contributed by atoms with Gasteiger partial charge in [0.1, 0.15) is 0 Å². The van der Waals surface area contributed by atoms with Crippen LogP contribution >= 0.6 is 48.0 Å². The van der Waals surface area contributed by atoms with Crippen LogP contribution in [0.1, 0.15) is 0 Å². The lowest BCUT2D eigenvalue weighted by molar-refractivity contribution is 0.176. The monoisotopic (exact) mass is 579 g/mol. The van der Waals surface area contributed by atoms with Gasteiger partial charge in [0, 0.05) is 17.5 Å². The van der Waals surface area contributed by atoms with Crippen LogP contribution in [0.4, 0.5) is 30.6 Å². The van der Waals surface area contributed by atoms with Crippen molar-refractivity contribution in [1.29, 1.82) is 0 Å². The van der Waals surface area contributed by atoms with Gasteiger partial charge in [-0.1, -0.05) is 35.7 Å². The average Bonchev–Trinajstić information content (AvgIpc) is 2.79. The minimum atomic E-state index is -0.689. The number of amides is 4. The van der Waals surface area contributed by atoms with Crippen LogP contribution in [-0.4, -0.2) is 83.7 Å². The Morgan fingerprint density at radius 2 is 1.22 bits per heavy atom. The van der Waals surface area contributed by atoms with E-state index in [0.29, 0.717) is 22.9 Å². The van der Waals surface area contributed by atoms with Gasteiger partial charge in [-0.25, -0.2) is 9.59 Å². The molecule has 0 fully saturated rings. The average molecular weight is 580 g/mol. The van der Waals surface area contributed by atoms with Crippen molar-refractivity contribution in [3.05, 3.63) is 24.3 Å². The Balaban J connectivity index is 0.000000757. The lowest BCUT2D eigenvalue weighted by Gasteiger charge is -2.22. The predicted octanol–water partition coefficient (Wildman–Crippen LogP) is 2.33. The standard InChI is InChI=1S/C12H14N4O4S2.C7H15N3O2S2/c1-19-11(17)15-9(21)13-7-5-3-4-6-8(7)14-10(22)16-12(18)20-2;1-10(2)5(3-13-6(8)11)4-14-7(9)12/h3-6H,1-2H3,(H2,13,15,17,21)(H2,14,16,18,22);5H,3-4H2,1-2H3,(H2,8,11)(H2,9,12). The summed E-state index contributed by atoms with van der Waals surface area (Å²) in [7, 11) is 6.22. The Labute approximate surface area is 228 Å². The van der Waals surface area contributed by atoms with Crippen molar-refractivity contribution in [2.24, 2.45) is 11.5 Å². The first-order valence-corrected chi connectivity index (χ1v) is 12.6. The van der Waals surface area contributed by atoms with Gasteiger partial charge in [0.05, 0.1) is 25.6 Å². The van der Waals surface area contributed by atoms with Crippen LogP contribution in [-0.2, 0) is 9.47 Å². The number of thiocarbonyl (C=S) groups is 2. The number of hydrogen-bond acceptors (Lipinski definition) is 11. The zero-order valence-corrected chi connectivity index (χ0v) is 23.3. The fraction of sp³-hybridized carbons (Fsp3) is 0.368. The van der Waals surface area contributed by atoms with E-state index in [0.717, 1.165) is 23.5 Å². The van der Waals surface area contributed by atoms with E-state index >= 15 is 0 Å². The molecule has 4 amide bonds. The maximum absolute atomic E-state index is 11.1. The lowest BCUT2D eigenvalue weighted by atomic mass is 10.2. The predicted molar refractivity (Wildman–Crippen MR) is 152 cm³/mol. The van der Waals surface area contributed by atoms with E-state index in [-0.39, 0.29) is 16.3 Å². The number of rotatable bonds is 7. The van der Waals surface area contributed by atoms with Gasteiger partial charge in [0.2, 0.25) is 0 Å². The summed E-state index contributed by atoms with van der Waals surface area (Å²) in [5, 5.41) is 9.52. The molecular weight excluding hydrogens is 551 g/mol. The number of para-hydroxylation sites is 2. The number of alkyl carbamates (subject to hydrolysis) is 2. The maximum atomic E-state index is 11.1. The third-order valence-electron chi connectivity index (χ3n) is 3.79. The van der Waals surface area contributed by atoms with Crippen LogP contribution in [0.25, 0.3) is 0 Å². The summed E-state index contributed by atoms with van der Waals surface area (Å²) in [4.78, 5) is 45.1. The summed E-state index contributed by atoms with van der Waals surface area (Å²) in [6, 6.07) is 7.03. The number of primary amides is 2. The molecule has 0 unspecified atom stereocenters. The van der Waals surface area contributed by atoms with E-state index in [1.807, 2.05) is 19.0 Å². The van der Waals surface area contributed by atoms with Crippen molar-refractivity contribution in [2.75, 3.05) is 50.5 Å². The quantitative estimate of drug-likeness (QED) is 0.258. The van der Waals surface area contributed by atoms with Gasteiger partial charge in [0.25, 0.3) is 10.5 Å². The zero-order chi connectivity index (χ0) is 27.7. The fourth-order valence-corrected chi connectivity index (χ4v) is 4.08. The second kappa shape index (κ2) is 18.4. The Morgan fingerprint density at radius 3 is 1.50 bits per heavy atom. The molecule has 0 aliphatic carbocycles. The topological polar surface area (TPSA) is 190 Å². The van der Waals surface area contributed by atoms with Crippen molar-refractivity contribution in [3.63, 3.8) is 0 Å². The van der Waals surface area contributed by atoms with E-state index in [2.05, 4.69) is 30.7 Å². The molecule has 13 nitrogen and oxygen atoms in total. The minimum Gasteiger partial charge on any atom is -0.453 e. The number of thioether (sulfide) groups is 2. The van der Waals surface area contributed by atoms with Crippen molar-refractivity contribution in [2.45, 2.75) is 6.04 Å². The van der Waals surface area contributed by atoms with Crippen LogP contribution in [0.15, 0.2) is 24.3 Å². The molecule has 0 atom stereocenters. The highest BCUT2D eigenvalue weighted by molar-refractivity contribution is 8.14. The highest BCUT2D eigenvalue weighted by Crippen LogP contribution is 2.20. The molecule has 0 bridgehead atoms. The van der Waals surface area contributed by atoms with Crippen LogP contribution in [0.3, 0.4) is 0 Å². The van der Waals surface area contributed by atoms with Crippen molar-refractivity contribution >= 4 is 92.2 Å². The fourth-order valence-electron chi connectivity index (χ4n) is 2.00. The number of methoxy groups -OCH3 is 2. The third-order valence-corrected chi connectivity index (χ3v) is 5.87. The summed E-state index contributed by atoms with van der Waals surface area (Å²) < 4.78 is 8.87. The Kier molecular flexibility index (Phi) is 17.0. The summed E-state index contributed by atoms with van der Waals surface area (Å²) >= 11 is 12.0. The van der Waals surface area contributed by atoms with Gasteiger partial charge >= 0.3 is 12.2 Å². The van der Waals surface area contributed by atoms with Gasteiger partial charge < -0.3 is 36.5 Å². The number of hydrogen-bond donors (Lipinski definition) is 6. The van der Waals surface area contributed by atoms with Gasteiger partial charge in [-0.2, -0.15) is 0 Å². The molecule has 0 aliphatic rings. The third kappa shape index (κ3) is 15.9.